The molecule has 0 aliphatic rings. The number of carbonyl (C=O) groups excluding carboxylic acids is 1. The normalized spacial score (nSPS) is 10.9. The van der Waals surface area contributed by atoms with Gasteiger partial charge >= 0.3 is 0 Å². The molecule has 0 saturated carbocycles. The zero-order valence-corrected chi connectivity index (χ0v) is 16.3. The molecule has 4 nitrogen and oxygen atoms in total. The van der Waals surface area contributed by atoms with Crippen molar-refractivity contribution in [2.24, 2.45) is 0 Å². The predicted octanol–water partition coefficient (Wildman–Crippen LogP) is 5.40. The van der Waals surface area contributed by atoms with Crippen molar-refractivity contribution in [1.82, 2.24) is 9.97 Å². The Morgan fingerprint density at radius 1 is 1.11 bits per heavy atom. The Kier molecular flexibility index (Phi) is 5.18. The van der Waals surface area contributed by atoms with E-state index >= 15 is 0 Å². The molecule has 6 heteroatoms. The van der Waals surface area contributed by atoms with Gasteiger partial charge < -0.3 is 5.32 Å². The average molecular weight is 392 g/mol. The number of nitrogens with one attached hydrogen (secondary N) is 1. The highest BCUT2D eigenvalue weighted by atomic mass is 32.2. The second-order valence-electron chi connectivity index (χ2n) is 6.04. The van der Waals surface area contributed by atoms with E-state index in [-0.39, 0.29) is 5.91 Å². The van der Waals surface area contributed by atoms with Crippen LogP contribution in [0.25, 0.3) is 20.8 Å². The van der Waals surface area contributed by atoms with E-state index in [1.54, 1.807) is 23.7 Å². The van der Waals surface area contributed by atoms with Crippen LogP contribution in [0.1, 0.15) is 5.56 Å². The zero-order chi connectivity index (χ0) is 18.6. The highest BCUT2D eigenvalue weighted by molar-refractivity contribution is 8.00. The summed E-state index contributed by atoms with van der Waals surface area (Å²) in [6.07, 6.45) is 3.45. The number of nitrogens with zero attached hydrogens (tertiary/aromatic N) is 2. The number of hydrogen-bond donors (Lipinski definition) is 1. The molecule has 27 heavy (non-hydrogen) atoms. The van der Waals surface area contributed by atoms with Gasteiger partial charge in [-0.1, -0.05) is 12.1 Å². The van der Waals surface area contributed by atoms with Crippen LogP contribution >= 0.6 is 23.1 Å². The van der Waals surface area contributed by atoms with Gasteiger partial charge in [-0.2, -0.15) is 0 Å². The third-order valence-corrected chi connectivity index (χ3v) is 6.14. The van der Waals surface area contributed by atoms with Crippen LogP contribution in [0.4, 0.5) is 5.69 Å². The first-order valence-electron chi connectivity index (χ1n) is 8.48. The van der Waals surface area contributed by atoms with Crippen LogP contribution in [-0.2, 0) is 4.79 Å². The molecular weight excluding hydrogens is 374 g/mol. The standard InChI is InChI=1S/C21H17N3OS2/c1-14-12-15(23-20(25)13-26-16-8-10-22-11-9-16)6-7-17(14)21-24-18-4-2-3-5-19(18)27-21/h2-12H,13H2,1H3,(H,23,25). The van der Waals surface area contributed by atoms with Crippen LogP contribution in [-0.4, -0.2) is 21.6 Å². The van der Waals surface area contributed by atoms with Crippen molar-refractivity contribution in [1.29, 1.82) is 0 Å². The molecule has 2 heterocycles. The van der Waals surface area contributed by atoms with Crippen molar-refractivity contribution in [3.63, 3.8) is 0 Å². The van der Waals surface area contributed by atoms with Gasteiger partial charge in [0.05, 0.1) is 16.0 Å². The van der Waals surface area contributed by atoms with E-state index < -0.39 is 0 Å². The fourth-order valence-electron chi connectivity index (χ4n) is 2.75. The number of para-hydroxylation sites is 1. The summed E-state index contributed by atoms with van der Waals surface area (Å²) in [7, 11) is 0. The Balaban J connectivity index is 1.45. The van der Waals surface area contributed by atoms with Gasteiger partial charge in [0.15, 0.2) is 0 Å². The molecule has 2 aromatic carbocycles. The first-order valence-corrected chi connectivity index (χ1v) is 10.3. The number of carbonyl (C=O) groups is 1. The summed E-state index contributed by atoms with van der Waals surface area (Å²) < 4.78 is 1.18. The quantitative estimate of drug-likeness (QED) is 0.463. The number of amides is 1. The van der Waals surface area contributed by atoms with Crippen molar-refractivity contribution < 1.29 is 4.79 Å². The fraction of sp³-hybridized carbons (Fsp3) is 0.0952. The largest absolute Gasteiger partial charge is 0.325 e. The smallest absolute Gasteiger partial charge is 0.234 e. The monoisotopic (exact) mass is 391 g/mol. The van der Waals surface area contributed by atoms with Gasteiger partial charge in [0.25, 0.3) is 0 Å². The molecule has 0 fully saturated rings. The third-order valence-electron chi connectivity index (χ3n) is 4.05. The lowest BCUT2D eigenvalue weighted by Gasteiger charge is -2.08. The number of benzene rings is 2. The average Bonchev–Trinajstić information content (AvgIpc) is 3.11. The fourth-order valence-corrected chi connectivity index (χ4v) is 4.49. The van der Waals surface area contributed by atoms with E-state index in [4.69, 9.17) is 4.98 Å². The van der Waals surface area contributed by atoms with Crippen LogP contribution < -0.4 is 5.32 Å². The molecule has 134 valence electrons. The number of hydrogen-bond acceptors (Lipinski definition) is 5. The second kappa shape index (κ2) is 7.90. The maximum absolute atomic E-state index is 12.2. The number of rotatable bonds is 5. The number of fused-ring (bicyclic) bond motifs is 1. The van der Waals surface area contributed by atoms with Crippen molar-refractivity contribution in [3.8, 4) is 10.6 Å². The van der Waals surface area contributed by atoms with Gasteiger partial charge in [-0.3, -0.25) is 9.78 Å². The van der Waals surface area contributed by atoms with E-state index in [0.717, 1.165) is 32.2 Å². The van der Waals surface area contributed by atoms with E-state index in [1.807, 2.05) is 55.5 Å². The number of aromatic nitrogens is 2. The summed E-state index contributed by atoms with van der Waals surface area (Å²) in [5.74, 6) is 0.340. The van der Waals surface area contributed by atoms with Gasteiger partial charge in [0.1, 0.15) is 5.01 Å². The molecule has 4 rings (SSSR count). The molecule has 2 aromatic heterocycles. The van der Waals surface area contributed by atoms with E-state index in [9.17, 15) is 4.79 Å². The molecule has 0 aliphatic carbocycles. The molecule has 4 aromatic rings. The van der Waals surface area contributed by atoms with E-state index in [1.165, 1.54) is 16.5 Å². The molecule has 0 bridgehead atoms. The maximum Gasteiger partial charge on any atom is 0.234 e. The van der Waals surface area contributed by atoms with E-state index in [0.29, 0.717) is 5.75 Å². The minimum absolute atomic E-state index is 0.0241. The lowest BCUT2D eigenvalue weighted by molar-refractivity contribution is -0.113. The molecular formula is C21H17N3OS2. The molecule has 0 unspecified atom stereocenters. The van der Waals surface area contributed by atoms with E-state index in [2.05, 4.69) is 16.4 Å². The molecule has 0 radical (unpaired) electrons. The van der Waals surface area contributed by atoms with Crippen molar-refractivity contribution in [3.05, 3.63) is 72.6 Å². The number of thiazole rings is 1. The summed E-state index contributed by atoms with van der Waals surface area (Å²) in [6.45, 7) is 2.04. The molecule has 0 spiro atoms. The van der Waals surface area contributed by atoms with Crippen LogP contribution in [0, 0.1) is 6.92 Å². The highest BCUT2D eigenvalue weighted by Crippen LogP contribution is 2.33. The third kappa shape index (κ3) is 4.18. The predicted molar refractivity (Wildman–Crippen MR) is 113 cm³/mol. The Labute approximate surface area is 165 Å². The lowest BCUT2D eigenvalue weighted by Crippen LogP contribution is -2.14. The van der Waals surface area contributed by atoms with Crippen LogP contribution in [0.2, 0.25) is 0 Å². The Morgan fingerprint density at radius 3 is 2.70 bits per heavy atom. The number of thioether (sulfide) groups is 1. The summed E-state index contributed by atoms with van der Waals surface area (Å²) >= 11 is 3.18. The maximum atomic E-state index is 12.2. The van der Waals surface area contributed by atoms with Crippen LogP contribution in [0.3, 0.4) is 0 Å². The van der Waals surface area contributed by atoms with Crippen molar-refractivity contribution in [2.45, 2.75) is 11.8 Å². The van der Waals surface area contributed by atoms with Gasteiger partial charge in [-0.05, 0) is 55.0 Å². The van der Waals surface area contributed by atoms with Gasteiger partial charge in [0, 0.05) is 28.5 Å². The number of anilines is 1. The van der Waals surface area contributed by atoms with Crippen molar-refractivity contribution in [2.75, 3.05) is 11.1 Å². The first-order chi connectivity index (χ1) is 13.2. The molecule has 1 N–H and O–H groups in total. The van der Waals surface area contributed by atoms with Crippen LogP contribution in [0.5, 0.6) is 0 Å². The molecule has 0 aliphatic heterocycles. The van der Waals surface area contributed by atoms with Gasteiger partial charge in [-0.15, -0.1) is 23.1 Å². The molecule has 0 atom stereocenters. The summed E-state index contributed by atoms with van der Waals surface area (Å²) in [5.41, 5.74) is 4.01. The number of aryl methyl sites for hydroxylation is 1. The SMILES string of the molecule is Cc1cc(NC(=O)CSc2ccncc2)ccc1-c1nc2ccccc2s1. The highest BCUT2D eigenvalue weighted by Gasteiger charge is 2.10. The number of pyridine rings is 1. The second-order valence-corrected chi connectivity index (χ2v) is 8.12. The molecule has 1 amide bonds. The topological polar surface area (TPSA) is 54.9 Å². The lowest BCUT2D eigenvalue weighted by atomic mass is 10.1. The Hall–Kier alpha value is -2.70. The summed E-state index contributed by atoms with van der Waals surface area (Å²) in [5, 5.41) is 3.97. The minimum atomic E-state index is -0.0241. The van der Waals surface area contributed by atoms with Gasteiger partial charge in [0.2, 0.25) is 5.91 Å². The Bertz CT molecular complexity index is 1060. The minimum Gasteiger partial charge on any atom is -0.325 e. The van der Waals surface area contributed by atoms with Crippen LogP contribution in [0.15, 0.2) is 71.9 Å². The van der Waals surface area contributed by atoms with Crippen molar-refractivity contribution >= 4 is 44.9 Å². The summed E-state index contributed by atoms with van der Waals surface area (Å²) in [4.78, 5) is 21.9. The Morgan fingerprint density at radius 2 is 1.93 bits per heavy atom. The zero-order valence-electron chi connectivity index (χ0n) is 14.7. The summed E-state index contributed by atoms with van der Waals surface area (Å²) in [6, 6.07) is 17.9. The molecule has 0 saturated heterocycles. The van der Waals surface area contributed by atoms with Gasteiger partial charge in [-0.25, -0.2) is 4.98 Å². The first kappa shape index (κ1) is 17.7.